The van der Waals surface area contributed by atoms with Gasteiger partial charge in [0.05, 0.1) is 16.7 Å². The van der Waals surface area contributed by atoms with E-state index in [1.807, 2.05) is 20.8 Å². The van der Waals surface area contributed by atoms with Gasteiger partial charge in [-0.05, 0) is 49.3 Å². The molecule has 2 heterocycles. The quantitative estimate of drug-likeness (QED) is 0.402. The fourth-order valence-electron chi connectivity index (χ4n) is 6.40. The third-order valence-electron chi connectivity index (χ3n) is 7.82. The lowest BCUT2D eigenvalue weighted by atomic mass is 9.62. The third-order valence-corrected chi connectivity index (χ3v) is 8.11. The number of benzene rings is 2. The summed E-state index contributed by atoms with van der Waals surface area (Å²) in [6, 6.07) is 6.49. The highest BCUT2D eigenvalue weighted by molar-refractivity contribution is 6.30. The number of carbonyl (C=O) groups is 2. The zero-order valence-corrected chi connectivity index (χ0v) is 22.0. The van der Waals surface area contributed by atoms with E-state index < -0.39 is 52.5 Å². The molecule has 5 rings (SSSR count). The van der Waals surface area contributed by atoms with Crippen LogP contribution in [0.2, 0.25) is 5.02 Å². The topological polar surface area (TPSA) is 87.7 Å². The van der Waals surface area contributed by atoms with Crippen molar-refractivity contribution in [1.82, 2.24) is 10.6 Å². The summed E-state index contributed by atoms with van der Waals surface area (Å²) < 4.78 is 35.4. The summed E-state index contributed by atoms with van der Waals surface area (Å²) in [6.07, 6.45) is 1.23. The van der Waals surface area contributed by atoms with Crippen LogP contribution in [-0.2, 0) is 15.0 Å². The van der Waals surface area contributed by atoms with Gasteiger partial charge in [0.2, 0.25) is 5.91 Å². The van der Waals surface area contributed by atoms with Crippen molar-refractivity contribution in [3.63, 3.8) is 0 Å². The highest BCUT2D eigenvalue weighted by Gasteiger charge is 2.68. The minimum Gasteiger partial charge on any atom is -0.425 e. The van der Waals surface area contributed by atoms with Crippen molar-refractivity contribution >= 4 is 23.5 Å². The van der Waals surface area contributed by atoms with Gasteiger partial charge in [-0.25, -0.2) is 8.78 Å². The Morgan fingerprint density at radius 2 is 1.95 bits per heavy atom. The van der Waals surface area contributed by atoms with E-state index in [4.69, 9.17) is 16.3 Å². The summed E-state index contributed by atoms with van der Waals surface area (Å²) in [7, 11) is 0. The second kappa shape index (κ2) is 8.75. The van der Waals surface area contributed by atoms with Crippen molar-refractivity contribution in [3.8, 4) is 5.75 Å². The molecule has 1 spiro atoms. The summed E-state index contributed by atoms with van der Waals surface area (Å²) in [4.78, 5) is 27.6. The number of fused-ring (bicyclic) bond motifs is 2. The summed E-state index contributed by atoms with van der Waals surface area (Å²) >= 11 is 6.17. The molecule has 6 nitrogen and oxygen atoms in total. The van der Waals surface area contributed by atoms with Gasteiger partial charge < -0.3 is 20.5 Å². The Labute approximate surface area is 219 Å². The number of rotatable bonds is 4. The van der Waals surface area contributed by atoms with Crippen molar-refractivity contribution in [2.24, 2.45) is 5.41 Å². The SMILES string of the molecule is CC(C)(C)C[C@H]1N[C@@H](C(=O)NC2CC(C)(O)C2)[C@H](c2cccc(Cl)c2F)[C@@]12C(=O)Oc1cc(F)ccc12. The lowest BCUT2D eigenvalue weighted by Crippen LogP contribution is -2.57. The van der Waals surface area contributed by atoms with Crippen LogP contribution in [-0.4, -0.2) is 40.7 Å². The van der Waals surface area contributed by atoms with Crippen LogP contribution in [0.5, 0.6) is 5.75 Å². The minimum absolute atomic E-state index is 0.0641. The first kappa shape index (κ1) is 26.1. The number of nitrogens with one attached hydrogen (secondary N) is 2. The largest absolute Gasteiger partial charge is 0.425 e. The molecule has 0 unspecified atom stereocenters. The van der Waals surface area contributed by atoms with E-state index in [1.165, 1.54) is 24.3 Å². The molecule has 2 aliphatic heterocycles. The lowest BCUT2D eigenvalue weighted by molar-refractivity contribution is -0.139. The van der Waals surface area contributed by atoms with Gasteiger partial charge >= 0.3 is 5.97 Å². The first-order chi connectivity index (χ1) is 17.2. The van der Waals surface area contributed by atoms with Crippen LogP contribution in [0.3, 0.4) is 0 Å². The summed E-state index contributed by atoms with van der Waals surface area (Å²) in [5.74, 6) is -3.34. The number of hydrogen-bond donors (Lipinski definition) is 3. The number of aliphatic hydroxyl groups is 1. The van der Waals surface area contributed by atoms with Crippen LogP contribution < -0.4 is 15.4 Å². The number of ether oxygens (including phenoxy) is 1. The first-order valence-electron chi connectivity index (χ1n) is 12.5. The fourth-order valence-corrected chi connectivity index (χ4v) is 6.59. The molecule has 0 bridgehead atoms. The predicted molar refractivity (Wildman–Crippen MR) is 134 cm³/mol. The van der Waals surface area contributed by atoms with Crippen LogP contribution in [0.25, 0.3) is 0 Å². The van der Waals surface area contributed by atoms with Crippen LogP contribution in [0.15, 0.2) is 36.4 Å². The first-order valence-corrected chi connectivity index (χ1v) is 12.9. The maximum atomic E-state index is 15.7. The third kappa shape index (κ3) is 4.33. The monoisotopic (exact) mass is 532 g/mol. The van der Waals surface area contributed by atoms with Gasteiger partial charge in [0.25, 0.3) is 0 Å². The van der Waals surface area contributed by atoms with Crippen molar-refractivity contribution in [1.29, 1.82) is 0 Å². The van der Waals surface area contributed by atoms with Gasteiger partial charge in [-0.1, -0.05) is 50.6 Å². The molecular weight excluding hydrogens is 502 g/mol. The van der Waals surface area contributed by atoms with Gasteiger partial charge in [0, 0.05) is 29.6 Å². The average Bonchev–Trinajstić information content (AvgIpc) is 3.23. The molecule has 2 aromatic carbocycles. The standard InChI is InChI=1S/C28H31ClF2N2O4/c1-26(2,3)13-20-28(17-9-8-14(30)10-19(17)37-25(28)35)21(16-6-5-7-18(29)22(16)31)23(33-20)24(34)32-15-11-27(4,36)12-15/h5-10,15,20-21,23,33,36H,11-13H2,1-4H3,(H,32,34)/t15?,20-,21+,23-,27?,28+/m1/s1. The van der Waals surface area contributed by atoms with Crippen molar-refractivity contribution < 1.29 is 28.2 Å². The highest BCUT2D eigenvalue weighted by atomic mass is 35.5. The van der Waals surface area contributed by atoms with Crippen LogP contribution in [0, 0.1) is 17.0 Å². The lowest BCUT2D eigenvalue weighted by Gasteiger charge is -2.42. The molecule has 9 heteroatoms. The van der Waals surface area contributed by atoms with Crippen molar-refractivity contribution in [2.75, 3.05) is 0 Å². The maximum absolute atomic E-state index is 15.7. The highest BCUT2D eigenvalue weighted by Crippen LogP contribution is 2.57. The molecule has 3 aliphatic rings. The number of esters is 1. The Hall–Kier alpha value is -2.55. The zero-order chi connectivity index (χ0) is 26.9. The number of halogens is 3. The second-order valence-corrected chi connectivity index (χ2v) is 12.5. The summed E-state index contributed by atoms with van der Waals surface area (Å²) in [5.41, 5.74) is -2.13. The minimum atomic E-state index is -1.51. The maximum Gasteiger partial charge on any atom is 0.324 e. The normalized spacial score (nSPS) is 32.7. The van der Waals surface area contributed by atoms with Gasteiger partial charge in [-0.15, -0.1) is 0 Å². The van der Waals surface area contributed by atoms with E-state index in [0.717, 1.165) is 6.07 Å². The van der Waals surface area contributed by atoms with E-state index in [2.05, 4.69) is 10.6 Å². The van der Waals surface area contributed by atoms with Gasteiger partial charge in [0.1, 0.15) is 22.8 Å². The van der Waals surface area contributed by atoms with Crippen molar-refractivity contribution in [2.45, 2.75) is 82.0 Å². The zero-order valence-electron chi connectivity index (χ0n) is 21.2. The smallest absolute Gasteiger partial charge is 0.324 e. The van der Waals surface area contributed by atoms with Gasteiger partial charge in [-0.2, -0.15) is 0 Å². The van der Waals surface area contributed by atoms with Crippen molar-refractivity contribution in [3.05, 3.63) is 64.2 Å². The Morgan fingerprint density at radius 3 is 2.59 bits per heavy atom. The summed E-state index contributed by atoms with van der Waals surface area (Å²) in [5, 5.41) is 16.3. The fraction of sp³-hybridized carbons (Fsp3) is 0.500. The van der Waals surface area contributed by atoms with Crippen LogP contribution in [0.1, 0.15) is 64.0 Å². The number of amides is 1. The molecule has 198 valence electrons. The molecule has 1 saturated carbocycles. The molecule has 0 radical (unpaired) electrons. The molecule has 37 heavy (non-hydrogen) atoms. The molecule has 2 aromatic rings. The molecule has 1 saturated heterocycles. The Balaban J connectivity index is 1.69. The summed E-state index contributed by atoms with van der Waals surface area (Å²) in [6.45, 7) is 7.72. The molecule has 2 fully saturated rings. The van der Waals surface area contributed by atoms with Crippen LogP contribution in [0.4, 0.5) is 8.78 Å². The van der Waals surface area contributed by atoms with E-state index in [1.54, 1.807) is 13.0 Å². The molecule has 3 N–H and O–H groups in total. The van der Waals surface area contributed by atoms with E-state index in [0.29, 0.717) is 24.8 Å². The Morgan fingerprint density at radius 1 is 1.24 bits per heavy atom. The number of hydrogen-bond acceptors (Lipinski definition) is 5. The van der Waals surface area contributed by atoms with E-state index in [-0.39, 0.29) is 27.8 Å². The molecule has 4 atom stereocenters. The average molecular weight is 533 g/mol. The molecule has 1 amide bonds. The van der Waals surface area contributed by atoms with E-state index in [9.17, 15) is 19.1 Å². The van der Waals surface area contributed by atoms with Gasteiger partial charge in [-0.3, -0.25) is 9.59 Å². The van der Waals surface area contributed by atoms with Gasteiger partial charge in [0.15, 0.2) is 0 Å². The molecular formula is C28H31ClF2N2O4. The van der Waals surface area contributed by atoms with E-state index >= 15 is 4.39 Å². The second-order valence-electron chi connectivity index (χ2n) is 12.1. The molecule has 1 aliphatic carbocycles. The van der Waals surface area contributed by atoms with Crippen LogP contribution >= 0.6 is 11.6 Å². The predicted octanol–water partition coefficient (Wildman–Crippen LogP) is 4.37. The number of carbonyl (C=O) groups excluding carboxylic acids is 2. The Kier molecular flexibility index (Phi) is 6.17. The molecule has 0 aromatic heterocycles. The Bertz CT molecular complexity index is 1270.